The second kappa shape index (κ2) is 30.6. The van der Waals surface area contributed by atoms with Crippen LogP contribution < -0.4 is 5.90 Å². The van der Waals surface area contributed by atoms with Crippen molar-refractivity contribution in [3.8, 4) is 0 Å². The van der Waals surface area contributed by atoms with E-state index < -0.39 is 299 Å². The first-order valence-electron chi connectivity index (χ1n) is 28.3. The summed E-state index contributed by atoms with van der Waals surface area (Å²) in [4.78, 5) is 4.99. The molecule has 0 aromatic carbocycles. The maximum atomic E-state index is 11.5. The molecule has 0 aromatic rings. The molecule has 40 atom stereocenters. The van der Waals surface area contributed by atoms with Gasteiger partial charge in [-0.2, -0.15) is 0 Å². The third kappa shape index (κ3) is 14.2. The smallest absolute Gasteiger partial charge is 0.187 e. The van der Waals surface area contributed by atoms with Crippen LogP contribution in [0.25, 0.3) is 0 Å². The molecule has 0 unspecified atom stereocenters. The van der Waals surface area contributed by atoms with E-state index in [1.54, 1.807) is 0 Å². The van der Waals surface area contributed by atoms with Crippen molar-refractivity contribution in [3.05, 3.63) is 0 Å². The largest absolute Gasteiger partial charge is 0.394 e. The summed E-state index contributed by atoms with van der Waals surface area (Å²) in [6, 6.07) is 0. The molecule has 30 aliphatic rings. The highest BCUT2D eigenvalue weighted by Gasteiger charge is 2.60. The second-order valence-corrected chi connectivity index (χ2v) is 22.6. The second-order valence-electron chi connectivity index (χ2n) is 22.6. The first-order chi connectivity index (χ1) is 42.4. The highest BCUT2D eigenvalue weighted by molar-refractivity contribution is 5.02. The monoisotopic (exact) mass is 1310 g/mol. The zero-order valence-electron chi connectivity index (χ0n) is 46.6. The van der Waals surface area contributed by atoms with E-state index in [1.165, 1.54) is 0 Å². The van der Waals surface area contributed by atoms with Gasteiger partial charge in [-0.05, 0) is 0 Å². The molecule has 30 fully saturated rings. The summed E-state index contributed by atoms with van der Waals surface area (Å²) in [6.07, 6.45) is -81.2. The normalized spacial score (nSPS) is 54.9. The number of rotatable bonds is 9. The lowest BCUT2D eigenvalue weighted by Crippen LogP contribution is -2.69. The fraction of sp³-hybridized carbons (Fsp3) is 1.00. The molecule has 0 radical (unpaired) electrons. The van der Waals surface area contributed by atoms with Crippen molar-refractivity contribution in [1.29, 1.82) is 0 Å². The first-order valence-corrected chi connectivity index (χ1v) is 28.3. The Morgan fingerprint density at radius 2 is 0.326 bits per heavy atom. The summed E-state index contributed by atoms with van der Waals surface area (Å²) < 4.78 is 91.6. The lowest BCUT2D eigenvalue weighted by atomic mass is 9.94. The van der Waals surface area contributed by atoms with Gasteiger partial charge in [-0.15, -0.1) is 0 Å². The van der Waals surface area contributed by atoms with Gasteiger partial charge in [0.1, 0.15) is 195 Å². The molecule has 41 nitrogen and oxygen atoms in total. The third-order valence-electron chi connectivity index (χ3n) is 17.0. The van der Waals surface area contributed by atoms with Gasteiger partial charge in [0.15, 0.2) is 50.3 Å². The van der Waals surface area contributed by atoms with Gasteiger partial charge in [0.2, 0.25) is 0 Å². The molecule has 0 aliphatic carbocycles. The van der Waals surface area contributed by atoms with Gasteiger partial charge in [-0.1, -0.05) is 0 Å². The Labute approximate surface area is 501 Å². The predicted octanol–water partition coefficient (Wildman–Crippen LogP) is -17.5. The molecule has 0 saturated carbocycles. The Hall–Kier alpha value is -1.64. The fourth-order valence-electron chi connectivity index (χ4n) is 12.0. The van der Waals surface area contributed by atoms with Gasteiger partial charge in [-0.3, -0.25) is 4.84 Å². The van der Waals surface area contributed by atoms with Crippen LogP contribution in [0.5, 0.6) is 0 Å². The highest BCUT2D eigenvalue weighted by Crippen LogP contribution is 2.40. The maximum Gasteiger partial charge on any atom is 0.187 e. The number of nitrogens with two attached hydrogens (primary N) is 1. The number of aliphatic hydroxyl groups excluding tert-OH is 23. The minimum absolute atomic E-state index is 1.05. The summed E-state index contributed by atoms with van der Waals surface area (Å²) in [5.74, 6) is 5.58. The quantitative estimate of drug-likeness (QED) is 0.0953. The van der Waals surface area contributed by atoms with Gasteiger partial charge in [0.05, 0.1) is 52.9 Å². The van der Waals surface area contributed by atoms with E-state index in [9.17, 15) is 117 Å². The molecule has 41 heteroatoms. The van der Waals surface area contributed by atoms with Crippen LogP contribution in [-0.4, -0.2) is 416 Å². The van der Waals surface area contributed by atoms with E-state index in [0.717, 1.165) is 0 Å². The van der Waals surface area contributed by atoms with E-state index in [0.29, 0.717) is 0 Å². The summed E-state index contributed by atoms with van der Waals surface area (Å²) >= 11 is 0. The molecule has 30 rings (SSSR count). The van der Waals surface area contributed by atoms with Gasteiger partial charge in [0, 0.05) is 0 Å². The fourth-order valence-corrected chi connectivity index (χ4v) is 12.0. The molecule has 25 N–H and O–H groups in total. The van der Waals surface area contributed by atoms with Crippen LogP contribution >= 0.6 is 0 Å². The topological polar surface area (TPSA) is 648 Å². The van der Waals surface area contributed by atoms with Crippen LogP contribution in [0.15, 0.2) is 0 Å². The Kier molecular flexibility index (Phi) is 24.6. The van der Waals surface area contributed by atoms with Gasteiger partial charge >= 0.3 is 0 Å². The zero-order chi connectivity index (χ0) is 64.8. The molecule has 30 aliphatic heterocycles. The van der Waals surface area contributed by atoms with Crippen LogP contribution in [-0.2, 0) is 80.6 Å². The van der Waals surface area contributed by atoms with Crippen molar-refractivity contribution < 1.29 is 198 Å². The van der Waals surface area contributed by atoms with Crippen LogP contribution in [0.4, 0.5) is 0 Å². The van der Waals surface area contributed by atoms with Crippen molar-refractivity contribution in [2.24, 2.45) is 5.90 Å². The first kappa shape index (κ1) is 71.6. The molecule has 30 saturated heterocycles. The Bertz CT molecular complexity index is 2160. The van der Waals surface area contributed by atoms with E-state index in [-0.39, 0.29) is 0 Å². The van der Waals surface area contributed by atoms with Crippen molar-refractivity contribution in [3.63, 3.8) is 0 Å². The van der Waals surface area contributed by atoms with E-state index >= 15 is 0 Å². The molecule has 0 spiro atoms. The summed E-state index contributed by atoms with van der Waals surface area (Å²) in [6.45, 7) is -8.59. The lowest BCUT2D eigenvalue weighted by Gasteiger charge is -2.50. The standard InChI is InChI=1S/C48H81NO40/c49-89-40-31(72)48-80-16(8-57)39(40)88-47-30(71)23(64)37(14(6-55)79-47)86-45-28(69)21(62)35(12(4-53)77-45)84-43-26(67)19(60)33(10(2-51)75-43)82-41-24(65)17(58)32(9(1-50)73-41)81-42-25(66)18(59)34(11(3-52)74-42)83-44-27(68)20(61)36(13(5-54)76-44)85-46-29(70)22(63)38(87-48)15(7-56)78-46/h9-48,50-72H,1-8,49H2/t9-,10-,11-,12-,13-,14-,15-,16-,17-,18-,19-,20-,21-,22-,23-,24-,25-,26-,27-,28-,29-,30-,31-,32-,33-,34-,35-,36-,37-,38-,39-,40-,41-,42-,43-,44-,45-,46-,47-,48-/m1/s1. The molecular formula is C48H81NO40. The zero-order valence-corrected chi connectivity index (χ0v) is 46.6. The Balaban J connectivity index is 0.982. The summed E-state index contributed by atoms with van der Waals surface area (Å²) in [5.41, 5.74) is 0. The van der Waals surface area contributed by atoms with E-state index in [1.807, 2.05) is 0 Å². The van der Waals surface area contributed by atoms with E-state index in [2.05, 4.69) is 0 Å². The van der Waals surface area contributed by atoms with Gasteiger partial charge in [0.25, 0.3) is 0 Å². The summed E-state index contributed by atoms with van der Waals surface area (Å²) in [7, 11) is 0. The molecule has 0 amide bonds. The number of hydrogen-bond donors (Lipinski definition) is 24. The predicted molar refractivity (Wildman–Crippen MR) is 264 cm³/mol. The molecule has 518 valence electrons. The van der Waals surface area contributed by atoms with E-state index in [4.69, 9.17) is 86.5 Å². The highest BCUT2D eigenvalue weighted by atomic mass is 16.8. The Morgan fingerprint density at radius 3 is 0.472 bits per heavy atom. The number of ether oxygens (including phenoxy) is 16. The van der Waals surface area contributed by atoms with Crippen molar-refractivity contribution >= 4 is 0 Å². The van der Waals surface area contributed by atoms with Crippen molar-refractivity contribution in [2.45, 2.75) is 246 Å². The molecule has 0 aromatic heterocycles. The maximum absolute atomic E-state index is 11.5. The van der Waals surface area contributed by atoms with Crippen molar-refractivity contribution in [1.82, 2.24) is 0 Å². The van der Waals surface area contributed by atoms with Gasteiger partial charge < -0.3 is 193 Å². The minimum atomic E-state index is -2.25. The average Bonchev–Trinajstić information content (AvgIpc) is 1.13. The van der Waals surface area contributed by atoms with Crippen LogP contribution in [0.1, 0.15) is 0 Å². The average molecular weight is 1310 g/mol. The summed E-state index contributed by atoms with van der Waals surface area (Å²) in [5, 5.41) is 254. The van der Waals surface area contributed by atoms with Crippen LogP contribution in [0.2, 0.25) is 0 Å². The molecular weight excluding hydrogens is 1230 g/mol. The Morgan fingerprint density at radius 1 is 0.191 bits per heavy atom. The lowest BCUT2D eigenvalue weighted by molar-refractivity contribution is -0.404. The van der Waals surface area contributed by atoms with Crippen LogP contribution in [0.3, 0.4) is 0 Å². The molecule has 89 heavy (non-hydrogen) atoms. The minimum Gasteiger partial charge on any atom is -0.394 e. The number of hydrogen-bond acceptors (Lipinski definition) is 41. The van der Waals surface area contributed by atoms with Crippen molar-refractivity contribution in [2.75, 3.05) is 52.9 Å². The SMILES string of the molecule is NO[C@@H]1[C@@H](O)[C@H]2O[C@H]3[C@H](O)[C@@H](O)[C@@H](O[C@H]4[C@H](O)[C@@H](O)[C@@H](O[C@H]5[C@H](O)[C@@H](O)[C@@H](O[C@H]6[C@H](O)[C@@H](O)[C@@H](O[C@H]7[C@H](O)[C@@H](O)[C@@H](O[C@H]8[C@H](O)[C@@H](O)[C@@H](O[C@H]9[C@H](O)[C@@H](O)[C@@H](O[C@@H]1[C@@H](CO)O2)O[C@@H]9CO)O[C@@H]8CO)O[C@@H]7CO)O[C@@H]6CO)O[C@@H]5CO)O[C@@H]4CO)O[C@@H]3CO. The van der Waals surface area contributed by atoms with Crippen LogP contribution in [0, 0.1) is 0 Å². The molecule has 30 heterocycles. The third-order valence-corrected chi connectivity index (χ3v) is 17.0. The number of aliphatic hydroxyl groups is 23. The molecule has 16 bridgehead atoms. The van der Waals surface area contributed by atoms with Gasteiger partial charge in [-0.25, -0.2) is 5.90 Å².